The molecule has 1 aliphatic rings. The Kier molecular flexibility index (Phi) is 4.48. The molecule has 100 valence electrons. The monoisotopic (exact) mass is 258 g/mol. The number of aromatic nitrogens is 1. The molecular weight excluding hydrogens is 240 g/mol. The van der Waals surface area contributed by atoms with Gasteiger partial charge in [0.2, 0.25) is 5.91 Å². The van der Waals surface area contributed by atoms with Gasteiger partial charge < -0.3 is 4.90 Å². The second-order valence-corrected chi connectivity index (χ2v) is 4.80. The molecular formula is C14H18N4O. The van der Waals surface area contributed by atoms with Crippen LogP contribution in [0, 0.1) is 11.3 Å². The van der Waals surface area contributed by atoms with Crippen molar-refractivity contribution in [1.29, 1.82) is 5.26 Å². The molecule has 0 aromatic carbocycles. The van der Waals surface area contributed by atoms with Crippen LogP contribution in [0.5, 0.6) is 0 Å². The minimum absolute atomic E-state index is 0.150. The fourth-order valence-electron chi connectivity index (χ4n) is 2.34. The van der Waals surface area contributed by atoms with Crippen LogP contribution in [0.25, 0.3) is 0 Å². The number of hydrogen-bond donors (Lipinski definition) is 0. The number of carbonyl (C=O) groups is 1. The van der Waals surface area contributed by atoms with E-state index in [4.69, 9.17) is 5.26 Å². The van der Waals surface area contributed by atoms with Gasteiger partial charge in [0.05, 0.1) is 0 Å². The molecule has 0 N–H and O–H groups in total. The standard InChI is InChI=1S/C14H18N4O/c1-12(19)18-6-2-5-17(7-8-18)11-13-3-4-16-14(9-13)10-15/h3-4,9H,2,5-8,11H2,1H3. The number of nitrogens with zero attached hydrogens (tertiary/aromatic N) is 4. The first-order valence-corrected chi connectivity index (χ1v) is 6.52. The number of carbonyl (C=O) groups excluding carboxylic acids is 1. The van der Waals surface area contributed by atoms with Crippen LogP contribution in [0.15, 0.2) is 18.3 Å². The van der Waals surface area contributed by atoms with Crippen molar-refractivity contribution in [3.8, 4) is 6.07 Å². The average Bonchev–Trinajstić information content (AvgIpc) is 2.65. The van der Waals surface area contributed by atoms with Crippen LogP contribution in [0.3, 0.4) is 0 Å². The van der Waals surface area contributed by atoms with Crippen LogP contribution in [0.2, 0.25) is 0 Å². The second-order valence-electron chi connectivity index (χ2n) is 4.80. The van der Waals surface area contributed by atoms with E-state index in [1.807, 2.05) is 17.0 Å². The van der Waals surface area contributed by atoms with Crippen LogP contribution in [0.1, 0.15) is 24.6 Å². The molecule has 5 heteroatoms. The van der Waals surface area contributed by atoms with Crippen LogP contribution in [-0.4, -0.2) is 46.9 Å². The SMILES string of the molecule is CC(=O)N1CCCN(Cc2ccnc(C#N)c2)CC1. The summed E-state index contributed by atoms with van der Waals surface area (Å²) in [6.07, 6.45) is 2.67. The number of pyridine rings is 1. The van der Waals surface area contributed by atoms with Gasteiger partial charge in [-0.25, -0.2) is 4.98 Å². The molecule has 1 aliphatic heterocycles. The van der Waals surface area contributed by atoms with E-state index in [2.05, 4.69) is 16.0 Å². The van der Waals surface area contributed by atoms with E-state index in [0.717, 1.165) is 44.7 Å². The topological polar surface area (TPSA) is 60.2 Å². The molecule has 0 unspecified atom stereocenters. The third-order valence-electron chi connectivity index (χ3n) is 3.38. The molecule has 1 aromatic rings. The van der Waals surface area contributed by atoms with E-state index < -0.39 is 0 Å². The zero-order valence-electron chi connectivity index (χ0n) is 11.2. The van der Waals surface area contributed by atoms with Gasteiger partial charge in [-0.3, -0.25) is 9.69 Å². The molecule has 0 radical (unpaired) electrons. The normalized spacial score (nSPS) is 16.7. The predicted octanol–water partition coefficient (Wildman–Crippen LogP) is 1.01. The van der Waals surface area contributed by atoms with Crippen molar-refractivity contribution in [3.63, 3.8) is 0 Å². The summed E-state index contributed by atoms with van der Waals surface area (Å²) in [6, 6.07) is 5.82. The molecule has 0 saturated carbocycles. The van der Waals surface area contributed by atoms with E-state index >= 15 is 0 Å². The highest BCUT2D eigenvalue weighted by atomic mass is 16.2. The highest BCUT2D eigenvalue weighted by molar-refractivity contribution is 5.73. The van der Waals surface area contributed by atoms with E-state index in [-0.39, 0.29) is 5.91 Å². The highest BCUT2D eigenvalue weighted by Crippen LogP contribution is 2.09. The number of rotatable bonds is 2. The number of amides is 1. The largest absolute Gasteiger partial charge is 0.342 e. The molecule has 2 heterocycles. The molecule has 5 nitrogen and oxygen atoms in total. The zero-order chi connectivity index (χ0) is 13.7. The third-order valence-corrected chi connectivity index (χ3v) is 3.38. The van der Waals surface area contributed by atoms with E-state index in [0.29, 0.717) is 5.69 Å². The van der Waals surface area contributed by atoms with Crippen molar-refractivity contribution in [2.24, 2.45) is 0 Å². The summed E-state index contributed by atoms with van der Waals surface area (Å²) in [5.41, 5.74) is 1.56. The van der Waals surface area contributed by atoms with Gasteiger partial charge >= 0.3 is 0 Å². The Bertz CT molecular complexity index is 494. The van der Waals surface area contributed by atoms with Crippen molar-refractivity contribution in [1.82, 2.24) is 14.8 Å². The lowest BCUT2D eigenvalue weighted by Gasteiger charge is -2.21. The Morgan fingerprint density at radius 3 is 3.00 bits per heavy atom. The Morgan fingerprint density at radius 2 is 2.26 bits per heavy atom. The van der Waals surface area contributed by atoms with Crippen molar-refractivity contribution in [3.05, 3.63) is 29.6 Å². The maximum Gasteiger partial charge on any atom is 0.219 e. The van der Waals surface area contributed by atoms with Gasteiger partial charge in [-0.05, 0) is 24.1 Å². The molecule has 2 rings (SSSR count). The average molecular weight is 258 g/mol. The molecule has 1 amide bonds. The Morgan fingerprint density at radius 1 is 1.42 bits per heavy atom. The summed E-state index contributed by atoms with van der Waals surface area (Å²) in [5, 5.41) is 8.84. The van der Waals surface area contributed by atoms with Gasteiger partial charge in [0, 0.05) is 45.8 Å². The van der Waals surface area contributed by atoms with Crippen molar-refractivity contribution in [2.75, 3.05) is 26.2 Å². The minimum Gasteiger partial charge on any atom is -0.342 e. The van der Waals surface area contributed by atoms with Crippen molar-refractivity contribution < 1.29 is 4.79 Å². The fourth-order valence-corrected chi connectivity index (χ4v) is 2.34. The van der Waals surface area contributed by atoms with Crippen LogP contribution in [-0.2, 0) is 11.3 Å². The zero-order valence-corrected chi connectivity index (χ0v) is 11.2. The Balaban J connectivity index is 1.96. The quantitative estimate of drug-likeness (QED) is 0.794. The molecule has 0 bridgehead atoms. The maximum absolute atomic E-state index is 11.4. The molecule has 1 aromatic heterocycles. The molecule has 19 heavy (non-hydrogen) atoms. The lowest BCUT2D eigenvalue weighted by atomic mass is 10.2. The first kappa shape index (κ1) is 13.5. The Hall–Kier alpha value is -1.93. The number of hydrogen-bond acceptors (Lipinski definition) is 4. The summed E-state index contributed by atoms with van der Waals surface area (Å²) < 4.78 is 0. The minimum atomic E-state index is 0.150. The van der Waals surface area contributed by atoms with E-state index in [1.54, 1.807) is 13.1 Å². The van der Waals surface area contributed by atoms with Gasteiger partial charge in [-0.2, -0.15) is 5.26 Å². The van der Waals surface area contributed by atoms with Crippen molar-refractivity contribution >= 4 is 5.91 Å². The second kappa shape index (κ2) is 6.30. The van der Waals surface area contributed by atoms with Gasteiger partial charge in [0.1, 0.15) is 11.8 Å². The smallest absolute Gasteiger partial charge is 0.219 e. The van der Waals surface area contributed by atoms with E-state index in [9.17, 15) is 4.79 Å². The first-order chi connectivity index (χ1) is 9.19. The first-order valence-electron chi connectivity index (χ1n) is 6.52. The van der Waals surface area contributed by atoms with Crippen LogP contribution < -0.4 is 0 Å². The summed E-state index contributed by atoms with van der Waals surface area (Å²) in [4.78, 5) is 19.6. The molecule has 0 aliphatic carbocycles. The van der Waals surface area contributed by atoms with Gasteiger partial charge in [0.25, 0.3) is 0 Å². The van der Waals surface area contributed by atoms with Crippen molar-refractivity contribution in [2.45, 2.75) is 19.9 Å². The lowest BCUT2D eigenvalue weighted by molar-refractivity contribution is -0.128. The summed E-state index contributed by atoms with van der Waals surface area (Å²) in [5.74, 6) is 0.150. The predicted molar refractivity (Wildman–Crippen MR) is 71.1 cm³/mol. The van der Waals surface area contributed by atoms with Gasteiger partial charge in [-0.15, -0.1) is 0 Å². The summed E-state index contributed by atoms with van der Waals surface area (Å²) in [7, 11) is 0. The fraction of sp³-hybridized carbons (Fsp3) is 0.500. The summed E-state index contributed by atoms with van der Waals surface area (Å²) >= 11 is 0. The lowest BCUT2D eigenvalue weighted by Crippen LogP contribution is -2.33. The highest BCUT2D eigenvalue weighted by Gasteiger charge is 2.16. The molecule has 1 fully saturated rings. The van der Waals surface area contributed by atoms with Crippen LogP contribution in [0.4, 0.5) is 0 Å². The molecule has 0 spiro atoms. The Labute approximate surface area is 113 Å². The van der Waals surface area contributed by atoms with E-state index in [1.165, 1.54) is 0 Å². The van der Waals surface area contributed by atoms with Gasteiger partial charge in [-0.1, -0.05) is 0 Å². The third kappa shape index (κ3) is 3.76. The van der Waals surface area contributed by atoms with Gasteiger partial charge in [0.15, 0.2) is 0 Å². The molecule has 0 atom stereocenters. The van der Waals surface area contributed by atoms with Crippen LogP contribution >= 0.6 is 0 Å². The summed E-state index contributed by atoms with van der Waals surface area (Å²) in [6.45, 7) is 5.91. The maximum atomic E-state index is 11.4. The molecule has 1 saturated heterocycles. The number of nitriles is 1.